The number of benzene rings is 1. The third kappa shape index (κ3) is 4.15. The van der Waals surface area contributed by atoms with Crippen LogP contribution in [0.2, 0.25) is 0 Å². The molecule has 106 valence electrons. The van der Waals surface area contributed by atoms with Gasteiger partial charge >= 0.3 is 0 Å². The molecular formula is C16H25NOS. The first-order valence-electron chi connectivity index (χ1n) is 7.39. The number of nitrogens with one attached hydrogen (secondary N) is 1. The Morgan fingerprint density at radius 3 is 2.63 bits per heavy atom. The number of phenols is 1. The average molecular weight is 279 g/mol. The molecule has 1 aromatic carbocycles. The fourth-order valence-electron chi connectivity index (χ4n) is 2.92. The van der Waals surface area contributed by atoms with Gasteiger partial charge < -0.3 is 10.4 Å². The van der Waals surface area contributed by atoms with E-state index in [4.69, 9.17) is 0 Å². The minimum atomic E-state index is 0.346. The highest BCUT2D eigenvalue weighted by Crippen LogP contribution is 2.31. The summed E-state index contributed by atoms with van der Waals surface area (Å²) in [7, 11) is 0. The molecule has 0 aromatic heterocycles. The van der Waals surface area contributed by atoms with E-state index in [2.05, 4.69) is 30.9 Å². The summed E-state index contributed by atoms with van der Waals surface area (Å²) in [6.45, 7) is 4.47. The van der Waals surface area contributed by atoms with E-state index in [0.717, 1.165) is 11.7 Å². The van der Waals surface area contributed by atoms with E-state index in [-0.39, 0.29) is 0 Å². The lowest BCUT2D eigenvalue weighted by Gasteiger charge is -2.22. The molecule has 2 nitrogen and oxygen atoms in total. The van der Waals surface area contributed by atoms with Crippen LogP contribution in [0.4, 0.5) is 0 Å². The summed E-state index contributed by atoms with van der Waals surface area (Å²) in [6.07, 6.45) is 5.04. The number of thioether (sulfide) groups is 1. The van der Waals surface area contributed by atoms with Gasteiger partial charge in [0.25, 0.3) is 0 Å². The molecule has 0 saturated heterocycles. The minimum Gasteiger partial charge on any atom is -0.508 e. The highest BCUT2D eigenvalue weighted by molar-refractivity contribution is 7.99. The Balaban J connectivity index is 1.91. The molecule has 0 heterocycles. The van der Waals surface area contributed by atoms with Crippen molar-refractivity contribution >= 4 is 11.8 Å². The molecule has 1 aliphatic carbocycles. The maximum Gasteiger partial charge on any atom is 0.115 e. The van der Waals surface area contributed by atoms with Crippen LogP contribution in [0.3, 0.4) is 0 Å². The van der Waals surface area contributed by atoms with E-state index in [0.29, 0.717) is 17.8 Å². The van der Waals surface area contributed by atoms with Gasteiger partial charge in [0.2, 0.25) is 0 Å². The van der Waals surface area contributed by atoms with E-state index in [1.165, 1.54) is 30.6 Å². The first-order valence-corrected chi connectivity index (χ1v) is 8.44. The van der Waals surface area contributed by atoms with Gasteiger partial charge in [-0.2, -0.15) is 11.8 Å². The zero-order chi connectivity index (χ0) is 13.7. The molecule has 1 aromatic rings. The van der Waals surface area contributed by atoms with Crippen molar-refractivity contribution in [2.45, 2.75) is 56.9 Å². The van der Waals surface area contributed by atoms with E-state index < -0.39 is 0 Å². The second kappa shape index (κ2) is 7.20. The maximum atomic E-state index is 9.37. The maximum absolute atomic E-state index is 9.37. The van der Waals surface area contributed by atoms with Crippen molar-refractivity contribution in [3.63, 3.8) is 0 Å². The van der Waals surface area contributed by atoms with E-state index in [9.17, 15) is 5.11 Å². The summed E-state index contributed by atoms with van der Waals surface area (Å²) in [6, 6.07) is 8.69. The molecule has 0 amide bonds. The molecule has 2 N–H and O–H groups in total. The topological polar surface area (TPSA) is 32.3 Å². The van der Waals surface area contributed by atoms with Gasteiger partial charge in [-0.25, -0.2) is 0 Å². The molecule has 3 unspecified atom stereocenters. The van der Waals surface area contributed by atoms with Crippen LogP contribution in [0.25, 0.3) is 0 Å². The number of hydrogen-bond donors (Lipinski definition) is 2. The first-order chi connectivity index (χ1) is 9.22. The molecule has 3 heteroatoms. The Hall–Kier alpha value is -0.670. The molecule has 2 rings (SSSR count). The van der Waals surface area contributed by atoms with Crippen molar-refractivity contribution in [2.75, 3.05) is 5.75 Å². The van der Waals surface area contributed by atoms with Crippen LogP contribution >= 0.6 is 11.8 Å². The SMILES string of the molecule is CCSC1CCC(NC(CC)c2ccc(O)cc2)C1. The molecular weight excluding hydrogens is 254 g/mol. The smallest absolute Gasteiger partial charge is 0.115 e. The average Bonchev–Trinajstić information content (AvgIpc) is 2.85. The zero-order valence-electron chi connectivity index (χ0n) is 11.9. The number of phenolic OH excluding ortho intramolecular Hbond substituents is 1. The van der Waals surface area contributed by atoms with Crippen molar-refractivity contribution in [1.82, 2.24) is 5.32 Å². The van der Waals surface area contributed by atoms with Crippen LogP contribution in [-0.2, 0) is 0 Å². The quantitative estimate of drug-likeness (QED) is 0.822. The summed E-state index contributed by atoms with van der Waals surface area (Å²) in [4.78, 5) is 0. The van der Waals surface area contributed by atoms with Crippen molar-refractivity contribution in [3.05, 3.63) is 29.8 Å². The standard InChI is InChI=1S/C16H25NOS/c1-3-16(12-5-8-14(18)9-6-12)17-13-7-10-15(11-13)19-4-2/h5-6,8-9,13,15-18H,3-4,7,10-11H2,1-2H3. The molecule has 1 aliphatic rings. The Morgan fingerprint density at radius 1 is 1.26 bits per heavy atom. The first kappa shape index (κ1) is 14.7. The van der Waals surface area contributed by atoms with Crippen LogP contribution < -0.4 is 5.32 Å². The van der Waals surface area contributed by atoms with Crippen LogP contribution in [0.15, 0.2) is 24.3 Å². The largest absolute Gasteiger partial charge is 0.508 e. The van der Waals surface area contributed by atoms with Crippen LogP contribution in [0.1, 0.15) is 51.1 Å². The normalized spacial score (nSPS) is 24.5. The monoisotopic (exact) mass is 279 g/mol. The van der Waals surface area contributed by atoms with Gasteiger partial charge in [0.15, 0.2) is 0 Å². The van der Waals surface area contributed by atoms with Crippen LogP contribution in [0, 0.1) is 0 Å². The predicted molar refractivity (Wildman–Crippen MR) is 83.8 cm³/mol. The van der Waals surface area contributed by atoms with Gasteiger partial charge in [-0.3, -0.25) is 0 Å². The number of hydrogen-bond acceptors (Lipinski definition) is 3. The Kier molecular flexibility index (Phi) is 5.59. The summed E-state index contributed by atoms with van der Waals surface area (Å²) < 4.78 is 0. The fraction of sp³-hybridized carbons (Fsp3) is 0.625. The predicted octanol–water partition coefficient (Wildman–Crippen LogP) is 4.11. The highest BCUT2D eigenvalue weighted by atomic mass is 32.2. The van der Waals surface area contributed by atoms with Crippen LogP contribution in [0.5, 0.6) is 5.75 Å². The Labute approximate surface area is 121 Å². The van der Waals surface area contributed by atoms with Gasteiger partial charge in [-0.05, 0) is 49.1 Å². The van der Waals surface area contributed by atoms with Gasteiger partial charge in [0.05, 0.1) is 0 Å². The van der Waals surface area contributed by atoms with Crippen molar-refractivity contribution in [1.29, 1.82) is 0 Å². The molecule has 0 radical (unpaired) electrons. The second-order valence-electron chi connectivity index (χ2n) is 5.31. The lowest BCUT2D eigenvalue weighted by atomic mass is 10.0. The lowest BCUT2D eigenvalue weighted by molar-refractivity contribution is 0.430. The molecule has 0 spiro atoms. The zero-order valence-corrected chi connectivity index (χ0v) is 12.7. The van der Waals surface area contributed by atoms with E-state index in [1.807, 2.05) is 12.1 Å². The third-order valence-electron chi connectivity index (χ3n) is 3.93. The van der Waals surface area contributed by atoms with Gasteiger partial charge in [0.1, 0.15) is 5.75 Å². The summed E-state index contributed by atoms with van der Waals surface area (Å²) >= 11 is 2.10. The highest BCUT2D eigenvalue weighted by Gasteiger charge is 2.26. The van der Waals surface area contributed by atoms with E-state index >= 15 is 0 Å². The Bertz CT molecular complexity index is 379. The molecule has 0 aliphatic heterocycles. The van der Waals surface area contributed by atoms with Crippen molar-refractivity contribution < 1.29 is 5.11 Å². The summed E-state index contributed by atoms with van der Waals surface area (Å²) in [5, 5.41) is 14.0. The fourth-order valence-corrected chi connectivity index (χ4v) is 4.06. The molecule has 19 heavy (non-hydrogen) atoms. The van der Waals surface area contributed by atoms with Gasteiger partial charge in [-0.1, -0.05) is 26.0 Å². The summed E-state index contributed by atoms with van der Waals surface area (Å²) in [5.41, 5.74) is 1.28. The number of aromatic hydroxyl groups is 1. The van der Waals surface area contributed by atoms with Crippen molar-refractivity contribution in [3.8, 4) is 5.75 Å². The van der Waals surface area contributed by atoms with Crippen LogP contribution in [-0.4, -0.2) is 22.2 Å². The Morgan fingerprint density at radius 2 is 2.00 bits per heavy atom. The summed E-state index contributed by atoms with van der Waals surface area (Å²) in [5.74, 6) is 1.57. The van der Waals surface area contributed by atoms with E-state index in [1.54, 1.807) is 12.1 Å². The third-order valence-corrected chi connectivity index (χ3v) is 5.16. The molecule has 1 saturated carbocycles. The molecule has 0 bridgehead atoms. The van der Waals surface area contributed by atoms with Crippen molar-refractivity contribution in [2.24, 2.45) is 0 Å². The molecule has 1 fully saturated rings. The van der Waals surface area contributed by atoms with Gasteiger partial charge in [-0.15, -0.1) is 0 Å². The number of rotatable bonds is 6. The molecule has 3 atom stereocenters. The minimum absolute atomic E-state index is 0.346. The lowest BCUT2D eigenvalue weighted by Crippen LogP contribution is -2.30. The second-order valence-corrected chi connectivity index (χ2v) is 6.88. The van der Waals surface area contributed by atoms with Gasteiger partial charge in [0, 0.05) is 17.3 Å².